The molecule has 1 unspecified atom stereocenters. The molecule has 28 heavy (non-hydrogen) atoms. The number of nitrogens with one attached hydrogen (secondary N) is 1. The van der Waals surface area contributed by atoms with Crippen molar-refractivity contribution in [2.75, 3.05) is 19.8 Å². The smallest absolute Gasteiger partial charge is 0.407 e. The molecule has 1 aliphatic rings. The van der Waals surface area contributed by atoms with E-state index in [0.29, 0.717) is 26.2 Å². The van der Waals surface area contributed by atoms with Crippen LogP contribution < -0.4 is 5.32 Å². The predicted octanol–water partition coefficient (Wildman–Crippen LogP) is 4.79. The van der Waals surface area contributed by atoms with Crippen LogP contribution >= 0.6 is 15.9 Å². The fourth-order valence-electron chi connectivity index (χ4n) is 2.72. The van der Waals surface area contributed by atoms with E-state index in [2.05, 4.69) is 21.2 Å². The maximum Gasteiger partial charge on any atom is 0.407 e. The van der Waals surface area contributed by atoms with E-state index in [0.717, 1.165) is 35.9 Å². The number of amides is 1. The lowest BCUT2D eigenvalue weighted by Gasteiger charge is -2.26. The molecule has 1 aromatic carbocycles. The van der Waals surface area contributed by atoms with Crippen molar-refractivity contribution in [3.05, 3.63) is 34.3 Å². The average Bonchev–Trinajstić information content (AvgIpc) is 2.64. The van der Waals surface area contributed by atoms with Crippen LogP contribution in [0.4, 0.5) is 4.79 Å². The van der Waals surface area contributed by atoms with Crippen molar-refractivity contribution in [3.8, 4) is 0 Å². The molecule has 0 aromatic heterocycles. The maximum atomic E-state index is 11.8. The van der Waals surface area contributed by atoms with Gasteiger partial charge in [-0.1, -0.05) is 28.1 Å². The molecule has 158 valence electrons. The van der Waals surface area contributed by atoms with E-state index in [-0.39, 0.29) is 12.4 Å². The summed E-state index contributed by atoms with van der Waals surface area (Å²) in [5, 5.41) is 2.78. The number of alkyl carbamates (subject to hydrolysis) is 1. The summed E-state index contributed by atoms with van der Waals surface area (Å²) >= 11 is 3.44. The number of hydrogen-bond acceptors (Lipinski definition) is 5. The third-order valence-corrected chi connectivity index (χ3v) is 4.67. The summed E-state index contributed by atoms with van der Waals surface area (Å²) in [5.74, 6) is 0. The zero-order chi connectivity index (χ0) is 20.4. The number of halogens is 1. The Hall–Kier alpha value is -1.15. The highest BCUT2D eigenvalue weighted by molar-refractivity contribution is 9.10. The van der Waals surface area contributed by atoms with Crippen molar-refractivity contribution in [2.45, 2.75) is 71.1 Å². The first kappa shape index (κ1) is 23.1. The lowest BCUT2D eigenvalue weighted by atomic mass is 10.2. The Morgan fingerprint density at radius 1 is 1.29 bits per heavy atom. The Morgan fingerprint density at radius 3 is 2.68 bits per heavy atom. The van der Waals surface area contributed by atoms with Crippen LogP contribution in [0.5, 0.6) is 0 Å². The van der Waals surface area contributed by atoms with Crippen LogP contribution in [0, 0.1) is 0 Å². The molecular formula is C21H32BrNO5. The average molecular weight is 458 g/mol. The van der Waals surface area contributed by atoms with Gasteiger partial charge in [0.05, 0.1) is 19.3 Å². The van der Waals surface area contributed by atoms with Gasteiger partial charge in [-0.05, 0) is 64.2 Å². The Balaban J connectivity index is 1.80. The molecule has 1 N–H and O–H groups in total. The summed E-state index contributed by atoms with van der Waals surface area (Å²) in [6, 6.07) is 8.02. The largest absolute Gasteiger partial charge is 0.444 e. The molecule has 0 saturated carbocycles. The third kappa shape index (κ3) is 9.87. The van der Waals surface area contributed by atoms with Crippen molar-refractivity contribution >= 4 is 22.0 Å². The Labute approximate surface area is 176 Å². The number of carbonyl (C=O) groups is 1. The molecule has 7 heteroatoms. The molecule has 0 radical (unpaired) electrons. The molecule has 1 aromatic rings. The van der Waals surface area contributed by atoms with Gasteiger partial charge in [-0.25, -0.2) is 4.79 Å². The zero-order valence-corrected chi connectivity index (χ0v) is 18.6. The summed E-state index contributed by atoms with van der Waals surface area (Å²) in [5.41, 5.74) is 0.574. The molecule has 1 fully saturated rings. The minimum Gasteiger partial charge on any atom is -0.444 e. The zero-order valence-electron chi connectivity index (χ0n) is 17.0. The van der Waals surface area contributed by atoms with Gasteiger partial charge in [-0.15, -0.1) is 0 Å². The normalized spacial score (nSPS) is 18.5. The van der Waals surface area contributed by atoms with Crippen molar-refractivity contribution in [3.63, 3.8) is 0 Å². The summed E-state index contributed by atoms with van der Waals surface area (Å²) in [6.45, 7) is 7.64. The van der Waals surface area contributed by atoms with Crippen LogP contribution in [0.15, 0.2) is 28.7 Å². The fraction of sp³-hybridized carbons (Fsp3) is 0.667. The van der Waals surface area contributed by atoms with Gasteiger partial charge in [0.1, 0.15) is 5.60 Å². The van der Waals surface area contributed by atoms with Crippen LogP contribution in [-0.4, -0.2) is 43.8 Å². The number of ether oxygens (including phenoxy) is 4. The minimum absolute atomic E-state index is 0.149. The Kier molecular flexibility index (Phi) is 9.71. The first-order chi connectivity index (χ1) is 13.3. The van der Waals surface area contributed by atoms with Gasteiger partial charge in [0, 0.05) is 17.6 Å². The standard InChI is InChI=1S/C21H32BrNO5/c1-21(2,3)28-20(24)23-12-11-18(15-27-19-6-4-5-13-25-19)26-14-16-7-9-17(22)10-8-16/h7-10,18-19H,4-6,11-15H2,1-3H3,(H,23,24)/t18-,19?/m1/s1. The second kappa shape index (κ2) is 11.8. The predicted molar refractivity (Wildman–Crippen MR) is 111 cm³/mol. The van der Waals surface area contributed by atoms with Gasteiger partial charge in [0.15, 0.2) is 6.29 Å². The van der Waals surface area contributed by atoms with E-state index < -0.39 is 11.7 Å². The van der Waals surface area contributed by atoms with Crippen molar-refractivity contribution in [1.29, 1.82) is 0 Å². The number of carbonyl (C=O) groups excluding carboxylic acids is 1. The fourth-order valence-corrected chi connectivity index (χ4v) is 2.98. The molecule has 1 heterocycles. The summed E-state index contributed by atoms with van der Waals surface area (Å²) in [6.07, 6.45) is 3.02. The topological polar surface area (TPSA) is 66.0 Å². The highest BCUT2D eigenvalue weighted by atomic mass is 79.9. The molecule has 1 saturated heterocycles. The maximum absolute atomic E-state index is 11.8. The van der Waals surface area contributed by atoms with Gasteiger partial charge < -0.3 is 24.3 Å². The number of hydrogen-bond donors (Lipinski definition) is 1. The van der Waals surface area contributed by atoms with Crippen LogP contribution in [0.1, 0.15) is 52.0 Å². The first-order valence-electron chi connectivity index (χ1n) is 9.88. The molecule has 1 amide bonds. The highest BCUT2D eigenvalue weighted by Crippen LogP contribution is 2.16. The van der Waals surface area contributed by atoms with Crippen molar-refractivity contribution in [1.82, 2.24) is 5.32 Å². The van der Waals surface area contributed by atoms with Gasteiger partial charge in [-0.2, -0.15) is 0 Å². The van der Waals surface area contributed by atoms with Crippen LogP contribution in [0.25, 0.3) is 0 Å². The molecule has 0 aliphatic carbocycles. The molecule has 2 atom stereocenters. The summed E-state index contributed by atoms with van der Waals surface area (Å²) < 4.78 is 23.9. The minimum atomic E-state index is -0.511. The monoisotopic (exact) mass is 457 g/mol. The van der Waals surface area contributed by atoms with Crippen molar-refractivity contribution in [2.24, 2.45) is 0 Å². The van der Waals surface area contributed by atoms with E-state index in [1.54, 1.807) is 0 Å². The lowest BCUT2D eigenvalue weighted by molar-refractivity contribution is -0.181. The van der Waals surface area contributed by atoms with Crippen molar-refractivity contribution < 1.29 is 23.7 Å². The van der Waals surface area contributed by atoms with Gasteiger partial charge in [-0.3, -0.25) is 0 Å². The van der Waals surface area contributed by atoms with Gasteiger partial charge in [0.25, 0.3) is 0 Å². The third-order valence-electron chi connectivity index (χ3n) is 4.14. The highest BCUT2D eigenvalue weighted by Gasteiger charge is 2.19. The second-order valence-electron chi connectivity index (χ2n) is 7.91. The lowest BCUT2D eigenvalue weighted by Crippen LogP contribution is -2.35. The first-order valence-corrected chi connectivity index (χ1v) is 10.7. The van der Waals surface area contributed by atoms with Crippen LogP contribution in [0.2, 0.25) is 0 Å². The van der Waals surface area contributed by atoms with Crippen LogP contribution in [0.3, 0.4) is 0 Å². The van der Waals surface area contributed by atoms with Crippen LogP contribution in [-0.2, 0) is 25.6 Å². The van der Waals surface area contributed by atoms with E-state index in [4.69, 9.17) is 18.9 Å². The SMILES string of the molecule is CC(C)(C)OC(=O)NCC[C@H](COC1CCCCO1)OCc1ccc(Br)cc1. The molecule has 2 rings (SSSR count). The van der Waals surface area contributed by atoms with Gasteiger partial charge >= 0.3 is 6.09 Å². The summed E-state index contributed by atoms with van der Waals surface area (Å²) in [4.78, 5) is 11.8. The number of benzene rings is 1. The molecule has 0 bridgehead atoms. The molecule has 0 spiro atoms. The quantitative estimate of drug-likeness (QED) is 0.577. The molecule has 1 aliphatic heterocycles. The molecular weight excluding hydrogens is 426 g/mol. The van der Waals surface area contributed by atoms with E-state index >= 15 is 0 Å². The van der Waals surface area contributed by atoms with E-state index in [9.17, 15) is 4.79 Å². The Bertz CT molecular complexity index is 581. The summed E-state index contributed by atoms with van der Waals surface area (Å²) in [7, 11) is 0. The Morgan fingerprint density at radius 2 is 2.04 bits per heavy atom. The number of rotatable bonds is 9. The molecule has 6 nitrogen and oxygen atoms in total. The van der Waals surface area contributed by atoms with E-state index in [1.807, 2.05) is 45.0 Å². The second-order valence-corrected chi connectivity index (χ2v) is 8.82. The van der Waals surface area contributed by atoms with Gasteiger partial charge in [0.2, 0.25) is 0 Å². The van der Waals surface area contributed by atoms with E-state index in [1.165, 1.54) is 0 Å².